The van der Waals surface area contributed by atoms with Crippen LogP contribution in [0.3, 0.4) is 0 Å². The number of nitrogens with one attached hydrogen (secondary N) is 1. The molecule has 162 valence electrons. The summed E-state index contributed by atoms with van der Waals surface area (Å²) in [4.78, 5) is 25.2. The molecule has 2 aromatic rings. The van der Waals surface area contributed by atoms with Crippen LogP contribution >= 0.6 is 0 Å². The van der Waals surface area contributed by atoms with Crippen molar-refractivity contribution in [2.45, 2.75) is 40.2 Å². The van der Waals surface area contributed by atoms with Crippen molar-refractivity contribution in [1.82, 2.24) is 0 Å². The van der Waals surface area contributed by atoms with Crippen molar-refractivity contribution in [3.63, 3.8) is 0 Å². The number of aryl methyl sites for hydroxylation is 1. The Bertz CT molecular complexity index is 1020. The van der Waals surface area contributed by atoms with Crippen LogP contribution in [-0.2, 0) is 19.6 Å². The lowest BCUT2D eigenvalue weighted by Crippen LogP contribution is -2.47. The summed E-state index contributed by atoms with van der Waals surface area (Å²) in [6.45, 7) is 7.32. The third kappa shape index (κ3) is 5.38. The molecule has 0 aliphatic heterocycles. The van der Waals surface area contributed by atoms with Gasteiger partial charge in [-0.15, -0.1) is 0 Å². The molecule has 0 aliphatic carbocycles. The molecule has 0 heterocycles. The van der Waals surface area contributed by atoms with Gasteiger partial charge in [0, 0.05) is 5.69 Å². The molecule has 8 heteroatoms. The predicted molar refractivity (Wildman–Crippen MR) is 118 cm³/mol. The van der Waals surface area contributed by atoms with E-state index in [1.165, 1.54) is 0 Å². The number of ether oxygens (including phenoxy) is 1. The van der Waals surface area contributed by atoms with Gasteiger partial charge in [-0.05, 0) is 57.0 Å². The average Bonchev–Trinajstić information content (AvgIpc) is 2.67. The highest BCUT2D eigenvalue weighted by Gasteiger charge is 2.32. The zero-order chi connectivity index (χ0) is 22.5. The second-order valence-corrected chi connectivity index (χ2v) is 8.87. The molecule has 0 unspecified atom stereocenters. The number of benzene rings is 2. The first-order valence-electron chi connectivity index (χ1n) is 9.73. The summed E-state index contributed by atoms with van der Waals surface area (Å²) >= 11 is 0. The maximum atomic E-state index is 13.1. The number of hydrogen-bond donors (Lipinski definition) is 1. The van der Waals surface area contributed by atoms with Crippen LogP contribution in [-0.4, -0.2) is 39.2 Å². The Kier molecular flexibility index (Phi) is 7.61. The molecule has 30 heavy (non-hydrogen) atoms. The average molecular weight is 433 g/mol. The summed E-state index contributed by atoms with van der Waals surface area (Å²) in [6.07, 6.45) is 1.35. The molecule has 0 bridgehead atoms. The monoisotopic (exact) mass is 432 g/mol. The largest absolute Gasteiger partial charge is 0.462 e. The van der Waals surface area contributed by atoms with Crippen molar-refractivity contribution in [3.8, 4) is 0 Å². The fourth-order valence-corrected chi connectivity index (χ4v) is 4.38. The van der Waals surface area contributed by atoms with Crippen LogP contribution < -0.4 is 9.62 Å². The maximum Gasteiger partial charge on any atom is 0.338 e. The molecule has 0 spiro atoms. The fourth-order valence-electron chi connectivity index (χ4n) is 3.17. The topological polar surface area (TPSA) is 92.8 Å². The van der Waals surface area contributed by atoms with Gasteiger partial charge in [-0.25, -0.2) is 13.2 Å². The highest BCUT2D eigenvalue weighted by atomic mass is 32.2. The molecule has 2 aromatic carbocycles. The molecule has 1 N–H and O–H groups in total. The molecule has 0 fully saturated rings. The number of amides is 1. The molecule has 7 nitrogen and oxygen atoms in total. The normalized spacial score (nSPS) is 12.2. The lowest BCUT2D eigenvalue weighted by Gasteiger charge is -2.30. The van der Waals surface area contributed by atoms with E-state index in [4.69, 9.17) is 4.74 Å². The van der Waals surface area contributed by atoms with Crippen molar-refractivity contribution in [3.05, 3.63) is 59.2 Å². The lowest BCUT2D eigenvalue weighted by molar-refractivity contribution is -0.117. The first-order valence-corrected chi connectivity index (χ1v) is 11.6. The third-order valence-corrected chi connectivity index (χ3v) is 5.89. The summed E-state index contributed by atoms with van der Waals surface area (Å²) in [5.41, 5.74) is 2.74. The summed E-state index contributed by atoms with van der Waals surface area (Å²) in [5.74, 6) is -0.955. The van der Waals surface area contributed by atoms with Gasteiger partial charge < -0.3 is 10.1 Å². The van der Waals surface area contributed by atoms with Crippen LogP contribution in [0.15, 0.2) is 42.5 Å². The number of esters is 1. The number of carbonyl (C=O) groups excluding carboxylic acids is 2. The van der Waals surface area contributed by atoms with E-state index in [0.29, 0.717) is 22.5 Å². The van der Waals surface area contributed by atoms with Gasteiger partial charge in [-0.3, -0.25) is 9.10 Å². The van der Waals surface area contributed by atoms with Crippen molar-refractivity contribution in [2.75, 3.05) is 22.5 Å². The quantitative estimate of drug-likeness (QED) is 0.643. The second-order valence-electron chi connectivity index (χ2n) is 7.01. The predicted octanol–water partition coefficient (Wildman–Crippen LogP) is 3.66. The van der Waals surface area contributed by atoms with Crippen LogP contribution in [0, 0.1) is 13.8 Å². The Morgan fingerprint density at radius 3 is 2.23 bits per heavy atom. The Hall–Kier alpha value is -2.87. The van der Waals surface area contributed by atoms with Gasteiger partial charge in [-0.1, -0.05) is 30.7 Å². The zero-order valence-corrected chi connectivity index (χ0v) is 18.7. The molecule has 0 aromatic heterocycles. The van der Waals surface area contributed by atoms with Gasteiger partial charge >= 0.3 is 5.97 Å². The minimum Gasteiger partial charge on any atom is -0.462 e. The van der Waals surface area contributed by atoms with Gasteiger partial charge in [0.1, 0.15) is 6.04 Å². The van der Waals surface area contributed by atoms with E-state index >= 15 is 0 Å². The van der Waals surface area contributed by atoms with E-state index in [9.17, 15) is 18.0 Å². The Balaban J connectivity index is 2.38. The Morgan fingerprint density at radius 2 is 1.70 bits per heavy atom. The summed E-state index contributed by atoms with van der Waals surface area (Å²) in [7, 11) is -3.72. The van der Waals surface area contributed by atoms with E-state index in [0.717, 1.165) is 16.1 Å². The highest BCUT2D eigenvalue weighted by Crippen LogP contribution is 2.25. The van der Waals surface area contributed by atoms with E-state index in [1.807, 2.05) is 6.92 Å². The lowest BCUT2D eigenvalue weighted by atomic mass is 10.1. The number of hydrogen-bond acceptors (Lipinski definition) is 5. The summed E-state index contributed by atoms with van der Waals surface area (Å²) < 4.78 is 31.3. The van der Waals surface area contributed by atoms with E-state index < -0.39 is 27.9 Å². The van der Waals surface area contributed by atoms with Crippen molar-refractivity contribution in [2.24, 2.45) is 0 Å². The fraction of sp³-hybridized carbons (Fsp3) is 0.364. The van der Waals surface area contributed by atoms with E-state index in [1.54, 1.807) is 63.2 Å². The Morgan fingerprint density at radius 1 is 1.07 bits per heavy atom. The van der Waals surface area contributed by atoms with Gasteiger partial charge in [0.25, 0.3) is 0 Å². The van der Waals surface area contributed by atoms with Crippen molar-refractivity contribution < 1.29 is 22.7 Å². The standard InChI is InChI=1S/C22H28N2O5S/c1-6-20(24(30(5,27)28)17-13-11-15(3)12-14-17)21(25)23-19-10-8-9-18(16(19)4)22(26)29-7-2/h8-14,20H,6-7H2,1-5H3,(H,23,25)/t20-/m0/s1. The van der Waals surface area contributed by atoms with Gasteiger partial charge in [-0.2, -0.15) is 0 Å². The first-order chi connectivity index (χ1) is 14.1. The molecule has 0 saturated heterocycles. The number of nitrogens with zero attached hydrogens (tertiary/aromatic N) is 1. The van der Waals surface area contributed by atoms with Crippen LogP contribution in [0.2, 0.25) is 0 Å². The highest BCUT2D eigenvalue weighted by molar-refractivity contribution is 7.92. The van der Waals surface area contributed by atoms with Crippen LogP contribution in [0.4, 0.5) is 11.4 Å². The summed E-state index contributed by atoms with van der Waals surface area (Å²) in [6, 6.07) is 10.9. The minimum atomic E-state index is -3.72. The van der Waals surface area contributed by atoms with Crippen LogP contribution in [0.1, 0.15) is 41.8 Å². The SMILES string of the molecule is CCOC(=O)c1cccc(NC(=O)[C@H](CC)N(c2ccc(C)cc2)S(C)(=O)=O)c1C. The van der Waals surface area contributed by atoms with Crippen LogP contribution in [0.5, 0.6) is 0 Å². The molecule has 1 atom stereocenters. The number of carbonyl (C=O) groups is 2. The van der Waals surface area contributed by atoms with E-state index in [-0.39, 0.29) is 13.0 Å². The zero-order valence-electron chi connectivity index (χ0n) is 17.9. The second kappa shape index (κ2) is 9.75. The van der Waals surface area contributed by atoms with Gasteiger partial charge in [0.2, 0.25) is 15.9 Å². The molecular weight excluding hydrogens is 404 g/mol. The number of sulfonamides is 1. The Labute approximate surface area is 178 Å². The molecular formula is C22H28N2O5S. The van der Waals surface area contributed by atoms with Gasteiger partial charge in [0.15, 0.2) is 0 Å². The molecule has 0 saturated carbocycles. The van der Waals surface area contributed by atoms with Crippen molar-refractivity contribution >= 4 is 33.3 Å². The number of rotatable bonds is 8. The maximum absolute atomic E-state index is 13.1. The van der Waals surface area contributed by atoms with Crippen LogP contribution in [0.25, 0.3) is 0 Å². The van der Waals surface area contributed by atoms with Gasteiger partial charge in [0.05, 0.1) is 24.1 Å². The minimum absolute atomic E-state index is 0.243. The molecule has 0 aliphatic rings. The molecule has 1 amide bonds. The molecule has 2 rings (SSSR count). The third-order valence-electron chi connectivity index (χ3n) is 4.71. The first kappa shape index (κ1) is 23.4. The number of anilines is 2. The summed E-state index contributed by atoms with van der Waals surface area (Å²) in [5, 5.41) is 2.78. The molecule has 0 radical (unpaired) electrons. The smallest absolute Gasteiger partial charge is 0.338 e. The van der Waals surface area contributed by atoms with Crippen molar-refractivity contribution in [1.29, 1.82) is 0 Å². The van der Waals surface area contributed by atoms with E-state index in [2.05, 4.69) is 5.32 Å².